The molecule has 17 heavy (non-hydrogen) atoms. The van der Waals surface area contributed by atoms with Gasteiger partial charge in [0.2, 0.25) is 0 Å². The van der Waals surface area contributed by atoms with E-state index in [0.717, 1.165) is 25.0 Å². The molecule has 0 amide bonds. The summed E-state index contributed by atoms with van der Waals surface area (Å²) in [5.74, 6) is 1.03. The fraction of sp³-hybridized carbons (Fsp3) is 0.714. The molecule has 1 N–H and O–H groups in total. The van der Waals surface area contributed by atoms with Gasteiger partial charge in [-0.1, -0.05) is 0 Å². The summed E-state index contributed by atoms with van der Waals surface area (Å²) in [5, 5.41) is 5.77. The largest absolute Gasteiger partial charge is 0.311 e. The first-order chi connectivity index (χ1) is 8.33. The van der Waals surface area contributed by atoms with Gasteiger partial charge in [-0.3, -0.25) is 4.90 Å². The molecule has 0 radical (unpaired) electrons. The van der Waals surface area contributed by atoms with E-state index in [1.54, 1.807) is 0 Å². The van der Waals surface area contributed by atoms with E-state index < -0.39 is 0 Å². The van der Waals surface area contributed by atoms with E-state index in [2.05, 4.69) is 28.6 Å². The van der Waals surface area contributed by atoms with Crippen LogP contribution >= 0.6 is 11.3 Å². The first-order valence-corrected chi connectivity index (χ1v) is 7.68. The molecular formula is C14H22N2S. The molecule has 0 spiro atoms. The van der Waals surface area contributed by atoms with Crippen LogP contribution in [0.15, 0.2) is 11.4 Å². The van der Waals surface area contributed by atoms with Gasteiger partial charge < -0.3 is 5.32 Å². The fourth-order valence-corrected chi connectivity index (χ4v) is 4.19. The predicted octanol–water partition coefficient (Wildman–Crippen LogP) is 2.63. The number of rotatable bonds is 5. The van der Waals surface area contributed by atoms with E-state index in [9.17, 15) is 0 Å². The number of thiophene rings is 1. The highest BCUT2D eigenvalue weighted by atomic mass is 32.1. The van der Waals surface area contributed by atoms with Gasteiger partial charge in [0, 0.05) is 37.1 Å². The smallest absolute Gasteiger partial charge is 0.0302 e. The summed E-state index contributed by atoms with van der Waals surface area (Å²) in [6, 6.07) is 3.13. The van der Waals surface area contributed by atoms with Crippen LogP contribution < -0.4 is 5.32 Å². The lowest BCUT2D eigenvalue weighted by Gasteiger charge is -2.26. The van der Waals surface area contributed by atoms with E-state index in [1.807, 2.05) is 11.3 Å². The van der Waals surface area contributed by atoms with Crippen molar-refractivity contribution in [3.8, 4) is 0 Å². The SMILES string of the molecule is Cc1ccsc1CNCCN1CC2CCC1C2. The highest BCUT2D eigenvalue weighted by Crippen LogP contribution is 2.36. The molecule has 2 heterocycles. The maximum atomic E-state index is 3.58. The first-order valence-electron chi connectivity index (χ1n) is 6.80. The van der Waals surface area contributed by atoms with Crippen LogP contribution in [0.1, 0.15) is 29.7 Å². The molecule has 1 aromatic heterocycles. The maximum absolute atomic E-state index is 3.58. The minimum Gasteiger partial charge on any atom is -0.311 e. The van der Waals surface area contributed by atoms with Gasteiger partial charge in [-0.25, -0.2) is 0 Å². The Morgan fingerprint density at radius 3 is 3.06 bits per heavy atom. The molecule has 2 atom stereocenters. The number of nitrogens with zero attached hydrogens (tertiary/aromatic N) is 1. The van der Waals surface area contributed by atoms with Crippen LogP contribution in [0, 0.1) is 12.8 Å². The number of hydrogen-bond donors (Lipinski definition) is 1. The van der Waals surface area contributed by atoms with Gasteiger partial charge >= 0.3 is 0 Å². The number of hydrogen-bond acceptors (Lipinski definition) is 3. The highest BCUT2D eigenvalue weighted by molar-refractivity contribution is 7.10. The summed E-state index contributed by atoms with van der Waals surface area (Å²) in [4.78, 5) is 4.19. The lowest BCUT2D eigenvalue weighted by Crippen LogP contribution is -2.37. The zero-order chi connectivity index (χ0) is 11.7. The zero-order valence-corrected chi connectivity index (χ0v) is 11.4. The Kier molecular flexibility index (Phi) is 3.50. The average Bonchev–Trinajstić information content (AvgIpc) is 3.01. The van der Waals surface area contributed by atoms with E-state index in [4.69, 9.17) is 0 Å². The molecule has 2 nitrogen and oxygen atoms in total. The van der Waals surface area contributed by atoms with Gasteiger partial charge in [0.25, 0.3) is 0 Å². The van der Waals surface area contributed by atoms with Crippen LogP contribution in [0.25, 0.3) is 0 Å². The monoisotopic (exact) mass is 250 g/mol. The second-order valence-electron chi connectivity index (χ2n) is 5.53. The standard InChI is InChI=1S/C14H22N2S/c1-11-4-7-17-14(11)9-15-5-6-16-10-12-2-3-13(16)8-12/h4,7,12-13,15H,2-3,5-6,8-10H2,1H3. The molecule has 2 fully saturated rings. The second-order valence-corrected chi connectivity index (χ2v) is 6.53. The molecule has 1 aliphatic carbocycles. The van der Waals surface area contributed by atoms with E-state index in [1.165, 1.54) is 42.8 Å². The van der Waals surface area contributed by atoms with E-state index >= 15 is 0 Å². The van der Waals surface area contributed by atoms with Crippen LogP contribution in [-0.2, 0) is 6.54 Å². The number of aryl methyl sites for hydroxylation is 1. The Morgan fingerprint density at radius 2 is 2.41 bits per heavy atom. The lowest BCUT2D eigenvalue weighted by molar-refractivity contribution is 0.214. The third-order valence-corrected chi connectivity index (χ3v) is 5.38. The molecule has 2 bridgehead atoms. The summed E-state index contributed by atoms with van der Waals surface area (Å²) in [5.41, 5.74) is 1.43. The van der Waals surface area contributed by atoms with E-state index in [-0.39, 0.29) is 0 Å². The molecular weight excluding hydrogens is 228 g/mol. The van der Waals surface area contributed by atoms with Crippen molar-refractivity contribution in [3.05, 3.63) is 21.9 Å². The van der Waals surface area contributed by atoms with Crippen molar-refractivity contribution >= 4 is 11.3 Å². The first kappa shape index (κ1) is 11.7. The van der Waals surface area contributed by atoms with Crippen LogP contribution in [-0.4, -0.2) is 30.6 Å². The molecule has 3 rings (SSSR count). The molecule has 2 unspecified atom stereocenters. The molecule has 1 saturated carbocycles. The maximum Gasteiger partial charge on any atom is 0.0302 e. The van der Waals surface area contributed by atoms with Crippen molar-refractivity contribution in [2.75, 3.05) is 19.6 Å². The topological polar surface area (TPSA) is 15.3 Å². The third kappa shape index (κ3) is 2.56. The number of nitrogens with one attached hydrogen (secondary N) is 1. The molecule has 1 saturated heterocycles. The quantitative estimate of drug-likeness (QED) is 0.808. The highest BCUT2D eigenvalue weighted by Gasteiger charge is 2.36. The molecule has 1 aromatic rings. The van der Waals surface area contributed by atoms with Gasteiger partial charge in [-0.2, -0.15) is 0 Å². The Morgan fingerprint density at radius 1 is 1.47 bits per heavy atom. The number of piperidine rings is 1. The lowest BCUT2D eigenvalue weighted by atomic mass is 10.1. The van der Waals surface area contributed by atoms with Crippen molar-refractivity contribution in [1.29, 1.82) is 0 Å². The van der Waals surface area contributed by atoms with Gasteiger partial charge in [0.1, 0.15) is 0 Å². The Balaban J connectivity index is 1.37. The Bertz CT molecular complexity index is 374. The summed E-state index contributed by atoms with van der Waals surface area (Å²) in [6.07, 6.45) is 4.42. The van der Waals surface area contributed by atoms with Gasteiger partial charge in [-0.05, 0) is 49.1 Å². The molecule has 2 aliphatic rings. The fourth-order valence-electron chi connectivity index (χ4n) is 3.31. The molecule has 3 heteroatoms. The van der Waals surface area contributed by atoms with Crippen LogP contribution in [0.4, 0.5) is 0 Å². The Labute approximate surface area is 108 Å². The van der Waals surface area contributed by atoms with Crippen LogP contribution in [0.2, 0.25) is 0 Å². The minimum absolute atomic E-state index is 0.922. The van der Waals surface area contributed by atoms with Crippen molar-refractivity contribution < 1.29 is 0 Å². The average molecular weight is 250 g/mol. The van der Waals surface area contributed by atoms with Gasteiger partial charge in [0.15, 0.2) is 0 Å². The van der Waals surface area contributed by atoms with Crippen LogP contribution in [0.5, 0.6) is 0 Å². The molecule has 94 valence electrons. The predicted molar refractivity (Wildman–Crippen MR) is 73.5 cm³/mol. The second kappa shape index (κ2) is 5.09. The van der Waals surface area contributed by atoms with Gasteiger partial charge in [0.05, 0.1) is 0 Å². The summed E-state index contributed by atoms with van der Waals surface area (Å²) in [7, 11) is 0. The summed E-state index contributed by atoms with van der Waals surface area (Å²) in [6.45, 7) is 6.99. The number of fused-ring (bicyclic) bond motifs is 2. The molecule has 0 aromatic carbocycles. The zero-order valence-electron chi connectivity index (χ0n) is 10.6. The van der Waals surface area contributed by atoms with Crippen molar-refractivity contribution in [3.63, 3.8) is 0 Å². The van der Waals surface area contributed by atoms with E-state index in [0.29, 0.717) is 0 Å². The van der Waals surface area contributed by atoms with Gasteiger partial charge in [-0.15, -0.1) is 11.3 Å². The minimum atomic E-state index is 0.922. The van der Waals surface area contributed by atoms with Crippen molar-refractivity contribution in [1.82, 2.24) is 10.2 Å². The molecule has 1 aliphatic heterocycles. The Hall–Kier alpha value is -0.380. The number of likely N-dealkylation sites (tertiary alicyclic amines) is 1. The van der Waals surface area contributed by atoms with Crippen LogP contribution in [0.3, 0.4) is 0 Å². The van der Waals surface area contributed by atoms with Crippen molar-refractivity contribution in [2.45, 2.75) is 38.8 Å². The normalized spacial score (nSPS) is 28.1. The summed E-state index contributed by atoms with van der Waals surface area (Å²) < 4.78 is 0. The third-order valence-electron chi connectivity index (χ3n) is 4.35. The summed E-state index contributed by atoms with van der Waals surface area (Å²) >= 11 is 1.87. The van der Waals surface area contributed by atoms with Crippen molar-refractivity contribution in [2.24, 2.45) is 5.92 Å².